The first-order valence-corrected chi connectivity index (χ1v) is 7.63. The summed E-state index contributed by atoms with van der Waals surface area (Å²) in [6, 6.07) is 3.74. The fourth-order valence-corrected chi connectivity index (χ4v) is 2.79. The van der Waals surface area contributed by atoms with Crippen LogP contribution in [0.5, 0.6) is 0 Å². The van der Waals surface area contributed by atoms with Crippen molar-refractivity contribution in [3.63, 3.8) is 0 Å². The third-order valence-electron chi connectivity index (χ3n) is 3.61. The molecular formula is C14H21BrN2O2. The highest BCUT2D eigenvalue weighted by Crippen LogP contribution is 2.18. The third-order valence-corrected chi connectivity index (χ3v) is 4.04. The molecule has 5 heteroatoms. The summed E-state index contributed by atoms with van der Waals surface area (Å²) >= 11 is 3.26. The van der Waals surface area contributed by atoms with Gasteiger partial charge in [0.1, 0.15) is 5.76 Å². The molecule has 1 unspecified atom stereocenters. The van der Waals surface area contributed by atoms with Crippen LogP contribution in [0.3, 0.4) is 0 Å². The molecule has 0 radical (unpaired) electrons. The second-order valence-electron chi connectivity index (χ2n) is 5.21. The van der Waals surface area contributed by atoms with Crippen LogP contribution >= 0.6 is 15.9 Å². The van der Waals surface area contributed by atoms with Gasteiger partial charge in [-0.05, 0) is 66.3 Å². The Hall–Kier alpha value is -0.810. The molecule has 4 nitrogen and oxygen atoms in total. The number of carbonyl (C=O) groups excluding carboxylic acids is 1. The zero-order chi connectivity index (χ0) is 13.7. The van der Waals surface area contributed by atoms with Crippen molar-refractivity contribution in [3.05, 3.63) is 22.6 Å². The van der Waals surface area contributed by atoms with Crippen LogP contribution in [0.2, 0.25) is 0 Å². The molecule has 1 saturated heterocycles. The number of nitrogens with zero attached hydrogens (tertiary/aromatic N) is 1. The molecule has 0 saturated carbocycles. The van der Waals surface area contributed by atoms with Crippen LogP contribution in [0.4, 0.5) is 0 Å². The largest absolute Gasteiger partial charge is 0.452 e. The SMILES string of the molecule is CN(Cc1ccc(Br)o1)C(=O)CCC1CCCNC1. The van der Waals surface area contributed by atoms with Crippen molar-refractivity contribution in [2.24, 2.45) is 5.92 Å². The van der Waals surface area contributed by atoms with E-state index in [0.717, 1.165) is 25.3 Å². The van der Waals surface area contributed by atoms with E-state index < -0.39 is 0 Å². The van der Waals surface area contributed by atoms with Gasteiger partial charge in [-0.15, -0.1) is 0 Å². The summed E-state index contributed by atoms with van der Waals surface area (Å²) in [6.45, 7) is 2.72. The van der Waals surface area contributed by atoms with Crippen LogP contribution in [-0.2, 0) is 11.3 Å². The summed E-state index contributed by atoms with van der Waals surface area (Å²) in [6.07, 6.45) is 4.09. The van der Waals surface area contributed by atoms with Gasteiger partial charge in [0.15, 0.2) is 4.67 Å². The number of halogens is 1. The summed E-state index contributed by atoms with van der Waals surface area (Å²) in [7, 11) is 1.83. The van der Waals surface area contributed by atoms with E-state index in [0.29, 0.717) is 23.6 Å². The number of nitrogens with one attached hydrogen (secondary N) is 1. The molecule has 2 rings (SSSR count). The molecular weight excluding hydrogens is 308 g/mol. The highest BCUT2D eigenvalue weighted by Gasteiger charge is 2.16. The minimum Gasteiger partial charge on any atom is -0.452 e. The molecule has 1 fully saturated rings. The maximum atomic E-state index is 12.0. The van der Waals surface area contributed by atoms with Crippen LogP contribution in [-0.4, -0.2) is 30.9 Å². The van der Waals surface area contributed by atoms with Gasteiger partial charge >= 0.3 is 0 Å². The second-order valence-corrected chi connectivity index (χ2v) is 5.99. The molecule has 0 aliphatic carbocycles. The Labute approximate surface area is 122 Å². The van der Waals surface area contributed by atoms with Crippen molar-refractivity contribution in [1.82, 2.24) is 10.2 Å². The van der Waals surface area contributed by atoms with Crippen LogP contribution in [0, 0.1) is 5.92 Å². The highest BCUT2D eigenvalue weighted by atomic mass is 79.9. The number of amides is 1. The minimum absolute atomic E-state index is 0.193. The first kappa shape index (κ1) is 14.6. The maximum Gasteiger partial charge on any atom is 0.222 e. The molecule has 1 aromatic heterocycles. The molecule has 1 N–H and O–H groups in total. The quantitative estimate of drug-likeness (QED) is 0.903. The molecule has 19 heavy (non-hydrogen) atoms. The molecule has 1 atom stereocenters. The standard InChI is InChI=1S/C14H21BrN2O2/c1-17(10-12-5-6-13(15)19-12)14(18)7-4-11-3-2-8-16-9-11/h5-6,11,16H,2-4,7-10H2,1H3. The summed E-state index contributed by atoms with van der Waals surface area (Å²) in [4.78, 5) is 13.8. The normalized spacial score (nSPS) is 19.4. The highest BCUT2D eigenvalue weighted by molar-refractivity contribution is 9.10. The molecule has 2 heterocycles. The number of hydrogen-bond acceptors (Lipinski definition) is 3. The average Bonchev–Trinajstić information content (AvgIpc) is 2.82. The molecule has 1 aromatic rings. The lowest BCUT2D eigenvalue weighted by Gasteiger charge is -2.23. The molecule has 0 aromatic carbocycles. The number of furan rings is 1. The Morgan fingerprint density at radius 2 is 2.42 bits per heavy atom. The lowest BCUT2D eigenvalue weighted by atomic mass is 9.94. The smallest absolute Gasteiger partial charge is 0.222 e. The van der Waals surface area contributed by atoms with Gasteiger partial charge in [-0.1, -0.05) is 0 Å². The lowest BCUT2D eigenvalue weighted by Crippen LogP contribution is -2.31. The van der Waals surface area contributed by atoms with E-state index in [1.165, 1.54) is 12.8 Å². The van der Waals surface area contributed by atoms with Crippen LogP contribution < -0.4 is 5.32 Å². The predicted molar refractivity (Wildman–Crippen MR) is 77.7 cm³/mol. The zero-order valence-corrected chi connectivity index (χ0v) is 12.9. The van der Waals surface area contributed by atoms with Crippen molar-refractivity contribution in [2.45, 2.75) is 32.2 Å². The van der Waals surface area contributed by atoms with Gasteiger partial charge in [0.25, 0.3) is 0 Å². The summed E-state index contributed by atoms with van der Waals surface area (Å²) < 4.78 is 6.12. The van der Waals surface area contributed by atoms with Gasteiger partial charge < -0.3 is 14.6 Å². The molecule has 106 valence electrons. The average molecular weight is 329 g/mol. The molecule has 0 spiro atoms. The minimum atomic E-state index is 0.193. The van der Waals surface area contributed by atoms with Gasteiger partial charge in [-0.2, -0.15) is 0 Å². The van der Waals surface area contributed by atoms with E-state index >= 15 is 0 Å². The second kappa shape index (κ2) is 7.10. The van der Waals surface area contributed by atoms with Crippen molar-refractivity contribution in [2.75, 3.05) is 20.1 Å². The Morgan fingerprint density at radius 1 is 1.58 bits per heavy atom. The van der Waals surface area contributed by atoms with Crippen molar-refractivity contribution >= 4 is 21.8 Å². The fraction of sp³-hybridized carbons (Fsp3) is 0.643. The summed E-state index contributed by atoms with van der Waals surface area (Å²) in [5.74, 6) is 1.66. The Kier molecular flexibility index (Phi) is 5.45. The number of piperidine rings is 1. The Bertz CT molecular complexity index is 413. The number of rotatable bonds is 5. The van der Waals surface area contributed by atoms with E-state index in [2.05, 4.69) is 21.2 Å². The van der Waals surface area contributed by atoms with Gasteiger partial charge in [0, 0.05) is 13.5 Å². The molecule has 0 bridgehead atoms. The van der Waals surface area contributed by atoms with Crippen LogP contribution in [0.25, 0.3) is 0 Å². The van der Waals surface area contributed by atoms with E-state index in [9.17, 15) is 4.79 Å². The first-order valence-electron chi connectivity index (χ1n) is 6.84. The lowest BCUT2D eigenvalue weighted by molar-refractivity contribution is -0.131. The third kappa shape index (κ3) is 4.66. The summed E-state index contributed by atoms with van der Waals surface area (Å²) in [5.41, 5.74) is 0. The van der Waals surface area contributed by atoms with Gasteiger partial charge in [-0.25, -0.2) is 0 Å². The van der Waals surface area contributed by atoms with Crippen LogP contribution in [0.15, 0.2) is 21.2 Å². The Morgan fingerprint density at radius 3 is 3.05 bits per heavy atom. The van der Waals surface area contributed by atoms with Gasteiger partial charge in [0.05, 0.1) is 6.54 Å². The number of hydrogen-bond donors (Lipinski definition) is 1. The molecule has 1 aliphatic rings. The predicted octanol–water partition coefficient (Wildman–Crippen LogP) is 2.78. The summed E-state index contributed by atoms with van der Waals surface area (Å²) in [5, 5.41) is 3.39. The zero-order valence-electron chi connectivity index (χ0n) is 11.3. The monoisotopic (exact) mass is 328 g/mol. The van der Waals surface area contributed by atoms with Crippen molar-refractivity contribution < 1.29 is 9.21 Å². The van der Waals surface area contributed by atoms with E-state index in [4.69, 9.17) is 4.42 Å². The molecule has 1 aliphatic heterocycles. The fourth-order valence-electron chi connectivity index (χ4n) is 2.45. The number of carbonyl (C=O) groups is 1. The van der Waals surface area contributed by atoms with E-state index in [1.807, 2.05) is 19.2 Å². The van der Waals surface area contributed by atoms with E-state index in [1.54, 1.807) is 4.90 Å². The van der Waals surface area contributed by atoms with Crippen molar-refractivity contribution in [1.29, 1.82) is 0 Å². The van der Waals surface area contributed by atoms with Crippen molar-refractivity contribution in [3.8, 4) is 0 Å². The first-order chi connectivity index (χ1) is 9.15. The maximum absolute atomic E-state index is 12.0. The van der Waals surface area contributed by atoms with Gasteiger partial charge in [0.2, 0.25) is 5.91 Å². The topological polar surface area (TPSA) is 45.5 Å². The van der Waals surface area contributed by atoms with E-state index in [-0.39, 0.29) is 5.91 Å². The van der Waals surface area contributed by atoms with Gasteiger partial charge in [-0.3, -0.25) is 4.79 Å². The van der Waals surface area contributed by atoms with Crippen LogP contribution in [0.1, 0.15) is 31.4 Å². The Balaban J connectivity index is 1.72. The molecule has 1 amide bonds.